The average Bonchev–Trinajstić information content (AvgIpc) is 2.97. The van der Waals surface area contributed by atoms with E-state index in [-0.39, 0.29) is 18.0 Å². The van der Waals surface area contributed by atoms with Crippen molar-refractivity contribution < 1.29 is 4.79 Å². The Morgan fingerprint density at radius 3 is 2.71 bits per heavy atom. The fourth-order valence-corrected chi connectivity index (χ4v) is 2.75. The summed E-state index contributed by atoms with van der Waals surface area (Å²) in [6.45, 7) is 2.04. The molecule has 0 bridgehead atoms. The first-order chi connectivity index (χ1) is 10.2. The van der Waals surface area contributed by atoms with Crippen molar-refractivity contribution in [2.75, 3.05) is 12.4 Å². The number of pyridine rings is 1. The summed E-state index contributed by atoms with van der Waals surface area (Å²) in [6, 6.07) is 11.9. The van der Waals surface area contributed by atoms with Crippen LogP contribution >= 0.6 is 0 Å². The van der Waals surface area contributed by atoms with Gasteiger partial charge in [-0.15, -0.1) is 0 Å². The van der Waals surface area contributed by atoms with Crippen LogP contribution in [0.25, 0.3) is 0 Å². The van der Waals surface area contributed by atoms with Gasteiger partial charge in [-0.05, 0) is 36.2 Å². The predicted molar refractivity (Wildman–Crippen MR) is 83.0 cm³/mol. The maximum atomic E-state index is 12.7. The predicted octanol–water partition coefficient (Wildman–Crippen LogP) is 2.64. The molecule has 4 heteroatoms. The number of benzene rings is 1. The van der Waals surface area contributed by atoms with Crippen molar-refractivity contribution in [1.82, 2.24) is 9.88 Å². The molecule has 2 atom stereocenters. The third-order valence-corrected chi connectivity index (χ3v) is 4.19. The molecule has 0 fully saturated rings. The molecule has 4 nitrogen and oxygen atoms in total. The maximum Gasteiger partial charge on any atom is 0.245 e. The lowest BCUT2D eigenvalue weighted by atomic mass is 10.1. The van der Waals surface area contributed by atoms with Crippen LogP contribution in [0.1, 0.15) is 24.1 Å². The second kappa shape index (κ2) is 5.56. The van der Waals surface area contributed by atoms with E-state index in [2.05, 4.69) is 16.4 Å². The number of hydrogen-bond donors (Lipinski definition) is 1. The zero-order chi connectivity index (χ0) is 14.8. The Balaban J connectivity index is 1.72. The minimum absolute atomic E-state index is 0.0333. The first kappa shape index (κ1) is 13.6. The van der Waals surface area contributed by atoms with E-state index in [0.717, 1.165) is 17.7 Å². The molecule has 1 aromatic carbocycles. The molecule has 21 heavy (non-hydrogen) atoms. The zero-order valence-corrected chi connectivity index (χ0v) is 12.3. The monoisotopic (exact) mass is 281 g/mol. The highest BCUT2D eigenvalue weighted by Gasteiger charge is 2.30. The minimum Gasteiger partial charge on any atom is -0.373 e. The molecular formula is C17H19N3O. The van der Waals surface area contributed by atoms with E-state index < -0.39 is 0 Å². The summed E-state index contributed by atoms with van der Waals surface area (Å²) in [5.74, 6) is 0.121. The largest absolute Gasteiger partial charge is 0.373 e. The first-order valence-electron chi connectivity index (χ1n) is 7.18. The Bertz CT molecular complexity index is 616. The fraction of sp³-hybridized carbons (Fsp3) is 0.294. The number of carbonyl (C=O) groups is 1. The van der Waals surface area contributed by atoms with Gasteiger partial charge in [0.1, 0.15) is 6.04 Å². The van der Waals surface area contributed by atoms with Gasteiger partial charge in [-0.2, -0.15) is 0 Å². The molecule has 0 spiro atoms. The molecule has 2 unspecified atom stereocenters. The standard InChI is InChI=1S/C17H19N3O/c1-12(13-7-9-18-10-8-13)20(2)17(21)16-11-14-5-3-4-6-15(14)19-16/h3-10,12,16,19H,11H2,1-2H3. The third-order valence-electron chi connectivity index (χ3n) is 4.19. The summed E-state index contributed by atoms with van der Waals surface area (Å²) < 4.78 is 0. The van der Waals surface area contributed by atoms with Gasteiger partial charge in [0.25, 0.3) is 0 Å². The van der Waals surface area contributed by atoms with Crippen molar-refractivity contribution in [3.8, 4) is 0 Å². The van der Waals surface area contributed by atoms with Crippen LogP contribution in [-0.4, -0.2) is 28.9 Å². The number of fused-ring (bicyclic) bond motifs is 1. The van der Waals surface area contributed by atoms with Crippen molar-refractivity contribution >= 4 is 11.6 Å². The normalized spacial score (nSPS) is 17.7. The molecule has 2 aromatic rings. The van der Waals surface area contributed by atoms with Crippen LogP contribution in [0, 0.1) is 0 Å². The van der Waals surface area contributed by atoms with E-state index in [1.54, 1.807) is 17.3 Å². The summed E-state index contributed by atoms with van der Waals surface area (Å²) in [7, 11) is 1.86. The van der Waals surface area contributed by atoms with Crippen LogP contribution < -0.4 is 5.32 Å². The van der Waals surface area contributed by atoms with E-state index in [0.29, 0.717) is 0 Å². The van der Waals surface area contributed by atoms with E-state index >= 15 is 0 Å². The number of rotatable bonds is 3. The lowest BCUT2D eigenvalue weighted by molar-refractivity contribution is -0.132. The molecule has 0 radical (unpaired) electrons. The summed E-state index contributed by atoms with van der Waals surface area (Å²) in [4.78, 5) is 18.5. The molecule has 1 N–H and O–H groups in total. The van der Waals surface area contributed by atoms with Crippen LogP contribution in [0.4, 0.5) is 5.69 Å². The molecule has 1 amide bonds. The van der Waals surface area contributed by atoms with Gasteiger partial charge in [0.05, 0.1) is 6.04 Å². The molecule has 108 valence electrons. The van der Waals surface area contributed by atoms with Gasteiger partial charge in [-0.25, -0.2) is 0 Å². The van der Waals surface area contributed by atoms with E-state index in [1.165, 1.54) is 5.56 Å². The number of amides is 1. The van der Waals surface area contributed by atoms with E-state index in [1.807, 2.05) is 44.3 Å². The van der Waals surface area contributed by atoms with Crippen LogP contribution in [0.3, 0.4) is 0 Å². The lowest BCUT2D eigenvalue weighted by Crippen LogP contribution is -2.41. The second-order valence-corrected chi connectivity index (χ2v) is 5.46. The topological polar surface area (TPSA) is 45.2 Å². The number of hydrogen-bond acceptors (Lipinski definition) is 3. The summed E-state index contributed by atoms with van der Waals surface area (Å²) >= 11 is 0. The fourth-order valence-electron chi connectivity index (χ4n) is 2.75. The SMILES string of the molecule is CC(c1ccncc1)N(C)C(=O)C1Cc2ccccc2N1. The summed E-state index contributed by atoms with van der Waals surface area (Å²) in [5, 5.41) is 3.32. The number of carbonyl (C=O) groups excluding carboxylic acids is 1. The average molecular weight is 281 g/mol. The number of likely N-dealkylation sites (N-methyl/N-ethyl adjacent to an activating group) is 1. The minimum atomic E-state index is -0.170. The molecular weight excluding hydrogens is 262 g/mol. The number of aromatic nitrogens is 1. The zero-order valence-electron chi connectivity index (χ0n) is 12.3. The molecule has 2 heterocycles. The van der Waals surface area contributed by atoms with Crippen molar-refractivity contribution in [2.24, 2.45) is 0 Å². The number of anilines is 1. The Kier molecular flexibility index (Phi) is 3.60. The number of nitrogens with zero attached hydrogens (tertiary/aromatic N) is 2. The molecule has 1 aliphatic rings. The molecule has 1 aromatic heterocycles. The van der Waals surface area contributed by atoms with E-state index in [9.17, 15) is 4.79 Å². The Morgan fingerprint density at radius 2 is 2.00 bits per heavy atom. The van der Waals surface area contributed by atoms with Crippen molar-refractivity contribution in [2.45, 2.75) is 25.4 Å². The Hall–Kier alpha value is -2.36. The highest BCUT2D eigenvalue weighted by molar-refractivity contribution is 5.87. The van der Waals surface area contributed by atoms with Crippen molar-refractivity contribution in [1.29, 1.82) is 0 Å². The van der Waals surface area contributed by atoms with Gasteiger partial charge in [-0.3, -0.25) is 9.78 Å². The van der Waals surface area contributed by atoms with Crippen molar-refractivity contribution in [3.63, 3.8) is 0 Å². The maximum absolute atomic E-state index is 12.7. The Labute approximate surface area is 124 Å². The quantitative estimate of drug-likeness (QED) is 0.940. The summed E-state index contributed by atoms with van der Waals surface area (Å²) in [6.07, 6.45) is 4.27. The highest BCUT2D eigenvalue weighted by atomic mass is 16.2. The van der Waals surface area contributed by atoms with Gasteiger partial charge < -0.3 is 10.2 Å². The molecule has 0 saturated heterocycles. The van der Waals surface area contributed by atoms with Crippen molar-refractivity contribution in [3.05, 3.63) is 59.9 Å². The Morgan fingerprint density at radius 1 is 1.29 bits per heavy atom. The molecule has 1 aliphatic heterocycles. The van der Waals surface area contributed by atoms with Gasteiger partial charge >= 0.3 is 0 Å². The first-order valence-corrected chi connectivity index (χ1v) is 7.18. The van der Waals surface area contributed by atoms with Gasteiger partial charge in [0.15, 0.2) is 0 Å². The van der Waals surface area contributed by atoms with Crippen LogP contribution in [0.15, 0.2) is 48.8 Å². The molecule has 0 saturated carbocycles. The highest BCUT2D eigenvalue weighted by Crippen LogP contribution is 2.27. The van der Waals surface area contributed by atoms with E-state index in [4.69, 9.17) is 0 Å². The third kappa shape index (κ3) is 2.61. The van der Waals surface area contributed by atoms with Gasteiger partial charge in [0, 0.05) is 31.5 Å². The smallest absolute Gasteiger partial charge is 0.245 e. The molecule has 3 rings (SSSR count). The van der Waals surface area contributed by atoms with Crippen LogP contribution in [0.2, 0.25) is 0 Å². The lowest BCUT2D eigenvalue weighted by Gasteiger charge is -2.28. The van der Waals surface area contributed by atoms with Gasteiger partial charge in [-0.1, -0.05) is 18.2 Å². The van der Waals surface area contributed by atoms with Gasteiger partial charge in [0.2, 0.25) is 5.91 Å². The second-order valence-electron chi connectivity index (χ2n) is 5.46. The molecule has 0 aliphatic carbocycles. The van der Waals surface area contributed by atoms with Crippen LogP contribution in [-0.2, 0) is 11.2 Å². The number of nitrogens with one attached hydrogen (secondary N) is 1. The van der Waals surface area contributed by atoms with Crippen LogP contribution in [0.5, 0.6) is 0 Å². The number of para-hydroxylation sites is 1. The summed E-state index contributed by atoms with van der Waals surface area (Å²) in [5.41, 5.74) is 3.37.